The molecule has 2 rings (SSSR count). The molecule has 0 saturated heterocycles. The lowest BCUT2D eigenvalue weighted by Gasteiger charge is -2.12. The summed E-state index contributed by atoms with van der Waals surface area (Å²) in [6, 6.07) is 17.9. The second-order valence-corrected chi connectivity index (χ2v) is 5.03. The van der Waals surface area contributed by atoms with Crippen LogP contribution in [0.2, 0.25) is 0 Å². The maximum Gasteiger partial charge on any atom is 0.120 e. The largest absolute Gasteiger partial charge is 0.493 e. The van der Waals surface area contributed by atoms with Gasteiger partial charge in [0, 0.05) is 16.9 Å². The van der Waals surface area contributed by atoms with Gasteiger partial charge in [0.2, 0.25) is 0 Å². The molecule has 0 aliphatic carbocycles. The van der Waals surface area contributed by atoms with Gasteiger partial charge in [-0.2, -0.15) is 0 Å². The van der Waals surface area contributed by atoms with Gasteiger partial charge in [0.15, 0.2) is 0 Å². The zero-order valence-corrected chi connectivity index (χ0v) is 11.6. The van der Waals surface area contributed by atoms with Crippen molar-refractivity contribution in [1.29, 1.82) is 0 Å². The molecule has 0 bridgehead atoms. The van der Waals surface area contributed by atoms with E-state index < -0.39 is 0 Å². The number of nitrogens with two attached hydrogens (primary N) is 1. The van der Waals surface area contributed by atoms with Gasteiger partial charge in [0.1, 0.15) is 5.75 Å². The number of hydrogen-bond acceptors (Lipinski definition) is 2. The lowest BCUT2D eigenvalue weighted by atomic mass is 10.1. The quantitative estimate of drug-likeness (QED) is 0.908. The van der Waals surface area contributed by atoms with Crippen molar-refractivity contribution in [3.05, 3.63) is 64.6 Å². The molecule has 3 heteroatoms. The Morgan fingerprint density at radius 2 is 1.83 bits per heavy atom. The van der Waals surface area contributed by atoms with Crippen LogP contribution in [0, 0.1) is 0 Å². The lowest BCUT2D eigenvalue weighted by molar-refractivity contribution is 0.298. The van der Waals surface area contributed by atoms with E-state index in [9.17, 15) is 0 Å². The molecule has 0 heterocycles. The maximum atomic E-state index is 6.10. The van der Waals surface area contributed by atoms with Gasteiger partial charge in [-0.3, -0.25) is 0 Å². The van der Waals surface area contributed by atoms with E-state index in [-0.39, 0.29) is 6.04 Å². The molecule has 0 radical (unpaired) electrons. The van der Waals surface area contributed by atoms with Crippen LogP contribution < -0.4 is 10.5 Å². The first-order chi connectivity index (χ1) is 8.75. The molecular weight excluding hydrogens is 290 g/mol. The number of benzene rings is 2. The Labute approximate surface area is 116 Å². The van der Waals surface area contributed by atoms with E-state index in [1.165, 1.54) is 0 Å². The Morgan fingerprint density at radius 1 is 1.06 bits per heavy atom. The third-order valence-corrected chi connectivity index (χ3v) is 3.21. The predicted octanol–water partition coefficient (Wildman–Crippen LogP) is 3.92. The summed E-state index contributed by atoms with van der Waals surface area (Å²) in [7, 11) is 0. The molecule has 18 heavy (non-hydrogen) atoms. The predicted molar refractivity (Wildman–Crippen MR) is 77.6 cm³/mol. The fourth-order valence-electron chi connectivity index (χ4n) is 1.73. The Balaban J connectivity index is 1.82. The van der Waals surface area contributed by atoms with E-state index in [4.69, 9.17) is 10.5 Å². The van der Waals surface area contributed by atoms with Crippen LogP contribution in [0.3, 0.4) is 0 Å². The number of hydrogen-bond donors (Lipinski definition) is 1. The smallest absolute Gasteiger partial charge is 0.120 e. The van der Waals surface area contributed by atoms with Crippen molar-refractivity contribution >= 4 is 15.9 Å². The van der Waals surface area contributed by atoms with E-state index in [1.54, 1.807) is 0 Å². The van der Waals surface area contributed by atoms with Gasteiger partial charge < -0.3 is 10.5 Å². The van der Waals surface area contributed by atoms with Crippen LogP contribution in [-0.4, -0.2) is 6.61 Å². The van der Waals surface area contributed by atoms with Gasteiger partial charge in [-0.05, 0) is 23.8 Å². The van der Waals surface area contributed by atoms with Crippen LogP contribution in [0.25, 0.3) is 0 Å². The van der Waals surface area contributed by atoms with Crippen molar-refractivity contribution in [1.82, 2.24) is 0 Å². The Morgan fingerprint density at radius 3 is 2.56 bits per heavy atom. The van der Waals surface area contributed by atoms with Crippen LogP contribution in [0.15, 0.2) is 59.1 Å². The fourth-order valence-corrected chi connectivity index (χ4v) is 2.11. The van der Waals surface area contributed by atoms with Gasteiger partial charge >= 0.3 is 0 Å². The molecule has 0 aliphatic rings. The monoisotopic (exact) mass is 305 g/mol. The highest BCUT2D eigenvalue weighted by molar-refractivity contribution is 9.10. The molecule has 1 unspecified atom stereocenters. The molecule has 2 aromatic carbocycles. The minimum Gasteiger partial charge on any atom is -0.493 e. The molecule has 0 amide bonds. The van der Waals surface area contributed by atoms with Crippen LogP contribution in [0.4, 0.5) is 0 Å². The van der Waals surface area contributed by atoms with Crippen molar-refractivity contribution in [2.45, 2.75) is 12.5 Å². The van der Waals surface area contributed by atoms with Crippen molar-refractivity contribution in [3.63, 3.8) is 0 Å². The Kier molecular flexibility index (Phi) is 4.79. The van der Waals surface area contributed by atoms with Crippen molar-refractivity contribution < 1.29 is 4.74 Å². The van der Waals surface area contributed by atoms with Crippen molar-refractivity contribution in [2.75, 3.05) is 6.61 Å². The second-order valence-electron chi connectivity index (χ2n) is 4.11. The van der Waals surface area contributed by atoms with E-state index in [1.807, 2.05) is 54.6 Å². The first-order valence-corrected chi connectivity index (χ1v) is 6.74. The summed E-state index contributed by atoms with van der Waals surface area (Å²) in [5.41, 5.74) is 7.25. The van der Waals surface area contributed by atoms with E-state index in [0.29, 0.717) is 6.61 Å². The Bertz CT molecular complexity index is 487. The average molecular weight is 306 g/mol. The number of ether oxygens (including phenoxy) is 1. The van der Waals surface area contributed by atoms with Gasteiger partial charge in [0.25, 0.3) is 0 Å². The summed E-state index contributed by atoms with van der Waals surface area (Å²) in [4.78, 5) is 0. The summed E-state index contributed by atoms with van der Waals surface area (Å²) in [6.45, 7) is 0.618. The molecule has 2 nitrogen and oxygen atoms in total. The third kappa shape index (κ3) is 3.86. The molecule has 0 fully saturated rings. The van der Waals surface area contributed by atoms with E-state index in [0.717, 1.165) is 22.2 Å². The summed E-state index contributed by atoms with van der Waals surface area (Å²) in [5.74, 6) is 0.865. The molecule has 0 aliphatic heterocycles. The summed E-state index contributed by atoms with van der Waals surface area (Å²) in [5, 5.41) is 0. The minimum absolute atomic E-state index is 0.0263. The lowest BCUT2D eigenvalue weighted by Crippen LogP contribution is -2.14. The molecular formula is C15H16BrNO. The highest BCUT2D eigenvalue weighted by Gasteiger charge is 2.05. The highest BCUT2D eigenvalue weighted by atomic mass is 79.9. The molecule has 0 aromatic heterocycles. The number of halogens is 1. The van der Waals surface area contributed by atoms with Crippen LogP contribution >= 0.6 is 15.9 Å². The standard InChI is InChI=1S/C15H16BrNO/c16-13-7-4-8-14(11-13)18-10-9-15(17)12-5-2-1-3-6-12/h1-8,11,15H,9-10,17H2. The molecule has 2 aromatic rings. The maximum absolute atomic E-state index is 6.10. The third-order valence-electron chi connectivity index (χ3n) is 2.72. The van der Waals surface area contributed by atoms with Gasteiger partial charge in [-0.1, -0.05) is 52.3 Å². The normalized spacial score (nSPS) is 12.1. The Hall–Kier alpha value is -1.32. The van der Waals surface area contributed by atoms with Crippen molar-refractivity contribution in [3.8, 4) is 5.75 Å². The van der Waals surface area contributed by atoms with Crippen molar-refractivity contribution in [2.24, 2.45) is 5.73 Å². The zero-order valence-electron chi connectivity index (χ0n) is 10.1. The zero-order chi connectivity index (χ0) is 12.8. The molecule has 0 saturated carbocycles. The van der Waals surface area contributed by atoms with E-state index >= 15 is 0 Å². The van der Waals surface area contributed by atoms with Gasteiger partial charge in [-0.25, -0.2) is 0 Å². The first kappa shape index (κ1) is 13.1. The van der Waals surface area contributed by atoms with Crippen LogP contribution in [0.1, 0.15) is 18.0 Å². The number of rotatable bonds is 5. The topological polar surface area (TPSA) is 35.2 Å². The molecule has 0 spiro atoms. The minimum atomic E-state index is 0.0263. The first-order valence-electron chi connectivity index (χ1n) is 5.94. The van der Waals surface area contributed by atoms with Gasteiger partial charge in [0.05, 0.1) is 6.61 Å². The summed E-state index contributed by atoms with van der Waals surface area (Å²) >= 11 is 3.41. The average Bonchev–Trinajstić information content (AvgIpc) is 2.40. The molecule has 94 valence electrons. The van der Waals surface area contributed by atoms with Crippen LogP contribution in [-0.2, 0) is 0 Å². The summed E-state index contributed by atoms with van der Waals surface area (Å²) in [6.07, 6.45) is 0.802. The van der Waals surface area contributed by atoms with Crippen LogP contribution in [0.5, 0.6) is 5.75 Å². The fraction of sp³-hybridized carbons (Fsp3) is 0.200. The second kappa shape index (κ2) is 6.57. The SMILES string of the molecule is NC(CCOc1cccc(Br)c1)c1ccccc1. The molecule has 2 N–H and O–H groups in total. The summed E-state index contributed by atoms with van der Waals surface area (Å²) < 4.78 is 6.69. The van der Waals surface area contributed by atoms with Gasteiger partial charge in [-0.15, -0.1) is 0 Å². The molecule has 1 atom stereocenters. The van der Waals surface area contributed by atoms with E-state index in [2.05, 4.69) is 15.9 Å². The highest BCUT2D eigenvalue weighted by Crippen LogP contribution is 2.19.